The second-order valence-corrected chi connectivity index (χ2v) is 5.67. The van der Waals surface area contributed by atoms with Gasteiger partial charge < -0.3 is 9.84 Å². The fraction of sp³-hybridized carbons (Fsp3) is 0.625. The third kappa shape index (κ3) is 3.41. The Balaban J connectivity index is 2.12. The number of phenols is 1. The largest absolute Gasteiger partial charge is 0.507 e. The monoisotopic (exact) mass is 263 g/mol. The number of hydrogen-bond acceptors (Lipinski definition) is 3. The van der Waals surface area contributed by atoms with Gasteiger partial charge in [-0.15, -0.1) is 0 Å². The molecule has 1 aliphatic heterocycles. The van der Waals surface area contributed by atoms with Crippen molar-refractivity contribution in [2.24, 2.45) is 5.92 Å². The summed E-state index contributed by atoms with van der Waals surface area (Å²) in [6.45, 7) is 6.75. The number of aromatic hydroxyl groups is 1. The molecule has 1 fully saturated rings. The maximum absolute atomic E-state index is 10.1. The van der Waals surface area contributed by atoms with Gasteiger partial charge >= 0.3 is 0 Å². The average molecular weight is 263 g/mol. The van der Waals surface area contributed by atoms with Crippen LogP contribution >= 0.6 is 0 Å². The fourth-order valence-electron chi connectivity index (χ4n) is 2.87. The molecule has 0 aromatic heterocycles. The zero-order chi connectivity index (χ0) is 13.8. The predicted octanol–water partition coefficient (Wildman–Crippen LogP) is 3.58. The van der Waals surface area contributed by atoms with Crippen molar-refractivity contribution in [3.63, 3.8) is 0 Å². The number of methoxy groups -OCH3 is 1. The first kappa shape index (κ1) is 14.2. The van der Waals surface area contributed by atoms with Gasteiger partial charge in [-0.05, 0) is 51.3 Å². The van der Waals surface area contributed by atoms with E-state index in [1.807, 2.05) is 12.1 Å². The topological polar surface area (TPSA) is 32.7 Å². The molecule has 0 amide bonds. The van der Waals surface area contributed by atoms with Crippen molar-refractivity contribution in [1.29, 1.82) is 0 Å². The third-order valence-electron chi connectivity index (χ3n) is 4.29. The summed E-state index contributed by atoms with van der Waals surface area (Å²) in [5, 5.41) is 10.1. The Hall–Kier alpha value is -1.22. The Morgan fingerprint density at radius 1 is 1.32 bits per heavy atom. The lowest BCUT2D eigenvalue weighted by Gasteiger charge is -2.28. The van der Waals surface area contributed by atoms with Gasteiger partial charge in [0.2, 0.25) is 0 Å². The molecule has 1 aliphatic rings. The molecule has 1 saturated heterocycles. The molecule has 1 heterocycles. The second-order valence-electron chi connectivity index (χ2n) is 5.67. The summed E-state index contributed by atoms with van der Waals surface area (Å²) in [5.74, 6) is 1.86. The second kappa shape index (κ2) is 6.29. The minimum absolute atomic E-state index is 0.260. The van der Waals surface area contributed by atoms with Crippen LogP contribution in [0.2, 0.25) is 0 Å². The molecule has 0 saturated carbocycles. The lowest BCUT2D eigenvalue weighted by atomic mass is 10.0. The van der Waals surface area contributed by atoms with Crippen LogP contribution in [0.3, 0.4) is 0 Å². The van der Waals surface area contributed by atoms with Crippen LogP contribution in [0.15, 0.2) is 18.2 Å². The molecule has 106 valence electrons. The summed E-state index contributed by atoms with van der Waals surface area (Å²) < 4.78 is 5.14. The molecule has 3 nitrogen and oxygen atoms in total. The summed E-state index contributed by atoms with van der Waals surface area (Å²) in [4.78, 5) is 2.48. The van der Waals surface area contributed by atoms with Gasteiger partial charge in [-0.2, -0.15) is 0 Å². The summed E-state index contributed by atoms with van der Waals surface area (Å²) >= 11 is 0. The van der Waals surface area contributed by atoms with E-state index in [0.29, 0.717) is 11.5 Å². The quantitative estimate of drug-likeness (QED) is 0.904. The molecule has 1 aromatic rings. The highest BCUT2D eigenvalue weighted by Gasteiger charge is 2.21. The highest BCUT2D eigenvalue weighted by molar-refractivity contribution is 5.41. The third-order valence-corrected chi connectivity index (χ3v) is 4.29. The standard InChI is InChI=1S/C16H25NO2/c1-12-5-4-9-17(10-8-12)13(2)15-7-6-14(19-3)11-16(15)18/h6-7,11-13,18H,4-5,8-10H2,1-3H3. The molecule has 1 aromatic carbocycles. The molecule has 3 heteroatoms. The van der Waals surface area contributed by atoms with Crippen LogP contribution < -0.4 is 4.74 Å². The van der Waals surface area contributed by atoms with E-state index in [9.17, 15) is 5.11 Å². The number of likely N-dealkylation sites (tertiary alicyclic amines) is 1. The molecule has 0 spiro atoms. The Bertz CT molecular complexity index is 419. The van der Waals surface area contributed by atoms with Crippen molar-refractivity contribution in [1.82, 2.24) is 4.90 Å². The van der Waals surface area contributed by atoms with Crippen LogP contribution in [0, 0.1) is 5.92 Å². The van der Waals surface area contributed by atoms with Crippen molar-refractivity contribution in [3.05, 3.63) is 23.8 Å². The summed E-state index contributed by atoms with van der Waals surface area (Å²) in [7, 11) is 1.62. The zero-order valence-electron chi connectivity index (χ0n) is 12.2. The van der Waals surface area contributed by atoms with Gasteiger partial charge in [0, 0.05) is 17.7 Å². The number of nitrogens with zero attached hydrogens (tertiary/aromatic N) is 1. The van der Waals surface area contributed by atoms with Crippen molar-refractivity contribution >= 4 is 0 Å². The van der Waals surface area contributed by atoms with E-state index in [-0.39, 0.29) is 6.04 Å². The highest BCUT2D eigenvalue weighted by Crippen LogP contribution is 2.33. The summed E-state index contributed by atoms with van der Waals surface area (Å²) in [6, 6.07) is 5.86. The van der Waals surface area contributed by atoms with Gasteiger partial charge in [0.1, 0.15) is 11.5 Å². The molecule has 2 unspecified atom stereocenters. The maximum Gasteiger partial charge on any atom is 0.124 e. The van der Waals surface area contributed by atoms with E-state index >= 15 is 0 Å². The van der Waals surface area contributed by atoms with Gasteiger partial charge in [-0.25, -0.2) is 0 Å². The van der Waals surface area contributed by atoms with Gasteiger partial charge in [0.25, 0.3) is 0 Å². The molecule has 0 radical (unpaired) electrons. The first-order chi connectivity index (χ1) is 9.11. The van der Waals surface area contributed by atoms with Gasteiger partial charge in [0.05, 0.1) is 7.11 Å². The van der Waals surface area contributed by atoms with Gasteiger partial charge in [-0.1, -0.05) is 13.0 Å². The zero-order valence-corrected chi connectivity index (χ0v) is 12.2. The Kier molecular flexibility index (Phi) is 4.70. The number of hydrogen-bond donors (Lipinski definition) is 1. The summed E-state index contributed by atoms with van der Waals surface area (Å²) in [6.07, 6.45) is 3.82. The minimum Gasteiger partial charge on any atom is -0.507 e. The van der Waals surface area contributed by atoms with Crippen LogP contribution in [-0.2, 0) is 0 Å². The predicted molar refractivity (Wildman–Crippen MR) is 77.7 cm³/mol. The normalized spacial score (nSPS) is 22.8. The average Bonchev–Trinajstić information content (AvgIpc) is 2.62. The van der Waals surface area contributed by atoms with Crippen LogP contribution in [0.5, 0.6) is 11.5 Å². The van der Waals surface area contributed by atoms with Crippen molar-refractivity contribution < 1.29 is 9.84 Å². The van der Waals surface area contributed by atoms with Crippen LogP contribution in [0.1, 0.15) is 44.7 Å². The first-order valence-corrected chi connectivity index (χ1v) is 7.22. The summed E-state index contributed by atoms with van der Waals surface area (Å²) in [5.41, 5.74) is 0.996. The SMILES string of the molecule is COc1ccc(C(C)N2CCCC(C)CC2)c(O)c1. The molecular weight excluding hydrogens is 238 g/mol. The minimum atomic E-state index is 0.260. The smallest absolute Gasteiger partial charge is 0.124 e. The molecule has 19 heavy (non-hydrogen) atoms. The molecule has 0 bridgehead atoms. The molecule has 2 rings (SSSR count). The lowest BCUT2D eigenvalue weighted by Crippen LogP contribution is -2.28. The van der Waals surface area contributed by atoms with Crippen molar-refractivity contribution in [2.75, 3.05) is 20.2 Å². The fourth-order valence-corrected chi connectivity index (χ4v) is 2.87. The Morgan fingerprint density at radius 2 is 2.11 bits per heavy atom. The van der Waals surface area contributed by atoms with E-state index < -0.39 is 0 Å². The van der Waals surface area contributed by atoms with Crippen molar-refractivity contribution in [3.8, 4) is 11.5 Å². The van der Waals surface area contributed by atoms with E-state index in [1.54, 1.807) is 13.2 Å². The molecule has 2 atom stereocenters. The van der Waals surface area contributed by atoms with E-state index in [0.717, 1.165) is 24.6 Å². The Labute approximate surface area is 116 Å². The number of ether oxygens (including phenoxy) is 1. The van der Waals surface area contributed by atoms with Crippen LogP contribution in [0.4, 0.5) is 0 Å². The van der Waals surface area contributed by atoms with E-state index in [2.05, 4.69) is 18.7 Å². The highest BCUT2D eigenvalue weighted by atomic mass is 16.5. The van der Waals surface area contributed by atoms with Gasteiger partial charge in [0.15, 0.2) is 0 Å². The number of benzene rings is 1. The van der Waals surface area contributed by atoms with Crippen LogP contribution in [-0.4, -0.2) is 30.2 Å². The first-order valence-electron chi connectivity index (χ1n) is 7.22. The van der Waals surface area contributed by atoms with Crippen LogP contribution in [0.25, 0.3) is 0 Å². The molecule has 0 aliphatic carbocycles. The maximum atomic E-state index is 10.1. The van der Waals surface area contributed by atoms with E-state index in [1.165, 1.54) is 19.3 Å². The van der Waals surface area contributed by atoms with Gasteiger partial charge in [-0.3, -0.25) is 4.90 Å². The Morgan fingerprint density at radius 3 is 2.79 bits per heavy atom. The molecule has 1 N–H and O–H groups in total. The lowest BCUT2D eigenvalue weighted by molar-refractivity contribution is 0.213. The van der Waals surface area contributed by atoms with Crippen molar-refractivity contribution in [2.45, 2.75) is 39.2 Å². The molecular formula is C16H25NO2. The van der Waals surface area contributed by atoms with E-state index in [4.69, 9.17) is 4.74 Å². The number of rotatable bonds is 3. The number of phenolic OH excluding ortho intramolecular Hbond substituents is 1.